The first kappa shape index (κ1) is 24.6. The molecule has 150 valence electrons. The van der Waals surface area contributed by atoms with Crippen molar-refractivity contribution in [3.8, 4) is 0 Å². The Morgan fingerprint density at radius 3 is 2.27 bits per heavy atom. The average molecular weight is 391 g/mol. The largest absolute Gasteiger partial charge is 0.396 e. The maximum absolute atomic E-state index is 11.7. The molecule has 4 N–H and O–H groups in total. The first-order chi connectivity index (χ1) is 12.1. The first-order valence-corrected chi connectivity index (χ1v) is 9.58. The molecule has 0 spiro atoms. The molecule has 0 aliphatic rings. The van der Waals surface area contributed by atoms with Gasteiger partial charge in [0.15, 0.2) is 5.12 Å². The van der Waals surface area contributed by atoms with E-state index in [9.17, 15) is 24.3 Å². The number of aliphatic hydroxyl groups excluding tert-OH is 2. The van der Waals surface area contributed by atoms with Crippen molar-refractivity contribution in [1.29, 1.82) is 0 Å². The molecule has 0 aromatic rings. The number of amides is 2. The van der Waals surface area contributed by atoms with Gasteiger partial charge in [0, 0.05) is 37.1 Å². The summed E-state index contributed by atoms with van der Waals surface area (Å²) in [5, 5.41) is 23.8. The zero-order chi connectivity index (χ0) is 20.3. The second-order valence-corrected chi connectivity index (χ2v) is 7.75. The molecule has 0 fully saturated rings. The Kier molecular flexibility index (Phi) is 11.4. The molecule has 2 amide bonds. The molecule has 0 aromatic carbocycles. The maximum Gasteiger partial charge on any atom is 0.249 e. The topological polar surface area (TPSA) is 133 Å². The summed E-state index contributed by atoms with van der Waals surface area (Å²) in [6.45, 7) is 6.37. The Balaban J connectivity index is 3.96. The van der Waals surface area contributed by atoms with Crippen LogP contribution in [-0.4, -0.2) is 64.5 Å². The first-order valence-electron chi connectivity index (χ1n) is 8.59. The summed E-state index contributed by atoms with van der Waals surface area (Å²) in [5.74, 6) is -1.32. The molecule has 0 saturated carbocycles. The normalized spacial score (nSPS) is 13.6. The maximum atomic E-state index is 11.7. The van der Waals surface area contributed by atoms with E-state index in [0.717, 1.165) is 11.8 Å². The number of rotatable bonds is 12. The second kappa shape index (κ2) is 12.0. The third-order valence-corrected chi connectivity index (χ3v) is 4.95. The van der Waals surface area contributed by atoms with Crippen LogP contribution in [-0.2, 0) is 19.2 Å². The SMILES string of the molecule is CCC(=O)[C@H](C)C(=O)SCCNC(=O)CCNC(=O)[C@H](O)C(C)(C)CO. The van der Waals surface area contributed by atoms with Gasteiger partial charge in [0.1, 0.15) is 11.9 Å². The molecule has 26 heavy (non-hydrogen) atoms. The molecular formula is C17H30N2O6S. The highest BCUT2D eigenvalue weighted by molar-refractivity contribution is 8.13. The highest BCUT2D eigenvalue weighted by Crippen LogP contribution is 2.19. The lowest BCUT2D eigenvalue weighted by Gasteiger charge is -2.27. The van der Waals surface area contributed by atoms with Gasteiger partial charge in [0.05, 0.1) is 12.5 Å². The Morgan fingerprint density at radius 2 is 1.73 bits per heavy atom. The molecule has 2 atom stereocenters. The molecule has 0 rings (SSSR count). The van der Waals surface area contributed by atoms with Gasteiger partial charge in [-0.3, -0.25) is 19.2 Å². The third-order valence-electron chi connectivity index (χ3n) is 3.90. The lowest BCUT2D eigenvalue weighted by molar-refractivity contribution is -0.137. The molecule has 9 heteroatoms. The number of nitrogens with one attached hydrogen (secondary N) is 2. The van der Waals surface area contributed by atoms with Gasteiger partial charge < -0.3 is 20.8 Å². The van der Waals surface area contributed by atoms with Gasteiger partial charge in [-0.15, -0.1) is 0 Å². The minimum Gasteiger partial charge on any atom is -0.396 e. The summed E-state index contributed by atoms with van der Waals surface area (Å²) in [4.78, 5) is 46.6. The van der Waals surface area contributed by atoms with Crippen molar-refractivity contribution >= 4 is 34.5 Å². The lowest BCUT2D eigenvalue weighted by Crippen LogP contribution is -2.46. The van der Waals surface area contributed by atoms with Crippen LogP contribution in [0.25, 0.3) is 0 Å². The number of aliphatic hydroxyl groups is 2. The van der Waals surface area contributed by atoms with E-state index < -0.39 is 23.3 Å². The van der Waals surface area contributed by atoms with E-state index in [-0.39, 0.29) is 42.9 Å². The van der Waals surface area contributed by atoms with Crippen molar-refractivity contribution in [2.45, 2.75) is 46.6 Å². The summed E-state index contributed by atoms with van der Waals surface area (Å²) >= 11 is 1.01. The van der Waals surface area contributed by atoms with Crippen molar-refractivity contribution in [1.82, 2.24) is 10.6 Å². The zero-order valence-corrected chi connectivity index (χ0v) is 16.6. The Bertz CT molecular complexity index is 509. The summed E-state index contributed by atoms with van der Waals surface area (Å²) in [6.07, 6.45) is -1.02. The van der Waals surface area contributed by atoms with Crippen LogP contribution in [0, 0.1) is 11.3 Å². The van der Waals surface area contributed by atoms with Gasteiger partial charge in [-0.1, -0.05) is 32.5 Å². The molecule has 8 nitrogen and oxygen atoms in total. The van der Waals surface area contributed by atoms with Crippen LogP contribution >= 0.6 is 11.8 Å². The van der Waals surface area contributed by atoms with Crippen LogP contribution in [0.15, 0.2) is 0 Å². The number of hydrogen-bond acceptors (Lipinski definition) is 7. The van der Waals surface area contributed by atoms with Gasteiger partial charge in [-0.25, -0.2) is 0 Å². The number of thioether (sulfide) groups is 1. The minimum atomic E-state index is -1.37. The molecular weight excluding hydrogens is 360 g/mol. The quantitative estimate of drug-likeness (QED) is 0.269. The Hall–Kier alpha value is -1.45. The van der Waals surface area contributed by atoms with Crippen LogP contribution < -0.4 is 10.6 Å². The van der Waals surface area contributed by atoms with Gasteiger partial charge in [-0.05, 0) is 6.92 Å². The standard InChI is InChI=1S/C17H30N2O6S/c1-5-12(21)11(2)16(25)26-9-8-18-13(22)6-7-19-15(24)14(23)17(3,4)10-20/h11,14,20,23H,5-10H2,1-4H3,(H,18,22)(H,19,24)/t11-,14-/m0/s1. The van der Waals surface area contributed by atoms with E-state index in [4.69, 9.17) is 5.11 Å². The molecule has 0 aliphatic carbocycles. The van der Waals surface area contributed by atoms with Crippen LogP contribution in [0.4, 0.5) is 0 Å². The predicted molar refractivity (Wildman–Crippen MR) is 99.4 cm³/mol. The van der Waals surface area contributed by atoms with Crippen molar-refractivity contribution in [2.75, 3.05) is 25.4 Å². The number of carbonyl (C=O) groups excluding carboxylic acids is 4. The highest BCUT2D eigenvalue weighted by Gasteiger charge is 2.32. The van der Waals surface area contributed by atoms with Crippen LogP contribution in [0.3, 0.4) is 0 Å². The molecule has 0 heterocycles. The monoisotopic (exact) mass is 390 g/mol. The predicted octanol–water partition coefficient (Wildman–Crippen LogP) is -0.137. The average Bonchev–Trinajstić information content (AvgIpc) is 2.62. The molecule has 0 bridgehead atoms. The lowest BCUT2D eigenvalue weighted by atomic mass is 9.87. The van der Waals surface area contributed by atoms with Crippen LogP contribution in [0.5, 0.6) is 0 Å². The van der Waals surface area contributed by atoms with Gasteiger partial charge >= 0.3 is 0 Å². The van der Waals surface area contributed by atoms with Crippen LogP contribution in [0.1, 0.15) is 40.5 Å². The summed E-state index contributed by atoms with van der Waals surface area (Å²) in [7, 11) is 0. The zero-order valence-electron chi connectivity index (χ0n) is 15.8. The van der Waals surface area contributed by atoms with Crippen LogP contribution in [0.2, 0.25) is 0 Å². The van der Waals surface area contributed by atoms with E-state index in [0.29, 0.717) is 12.2 Å². The van der Waals surface area contributed by atoms with E-state index in [1.54, 1.807) is 27.7 Å². The Labute approximate surface area is 158 Å². The number of carbonyl (C=O) groups is 4. The molecule has 0 radical (unpaired) electrons. The number of Topliss-reactive ketones (excluding diaryl/α,β-unsaturated/α-hetero) is 1. The van der Waals surface area contributed by atoms with E-state index in [1.807, 2.05) is 0 Å². The molecule has 0 saturated heterocycles. The second-order valence-electron chi connectivity index (χ2n) is 6.65. The Morgan fingerprint density at radius 1 is 1.12 bits per heavy atom. The van der Waals surface area contributed by atoms with Gasteiger partial charge in [0.2, 0.25) is 11.8 Å². The number of ketones is 1. The van der Waals surface area contributed by atoms with E-state index in [1.165, 1.54) is 0 Å². The number of hydrogen-bond donors (Lipinski definition) is 4. The van der Waals surface area contributed by atoms with Gasteiger partial charge in [-0.2, -0.15) is 0 Å². The van der Waals surface area contributed by atoms with Crippen molar-refractivity contribution in [3.05, 3.63) is 0 Å². The van der Waals surface area contributed by atoms with Crippen molar-refractivity contribution in [3.63, 3.8) is 0 Å². The summed E-state index contributed by atoms with van der Waals surface area (Å²) in [6, 6.07) is 0. The molecule has 0 aliphatic heterocycles. The molecule has 0 unspecified atom stereocenters. The molecule has 0 aromatic heterocycles. The van der Waals surface area contributed by atoms with E-state index >= 15 is 0 Å². The smallest absolute Gasteiger partial charge is 0.249 e. The van der Waals surface area contributed by atoms with E-state index in [2.05, 4.69) is 10.6 Å². The van der Waals surface area contributed by atoms with Gasteiger partial charge in [0.25, 0.3) is 0 Å². The van der Waals surface area contributed by atoms with Crippen molar-refractivity contribution in [2.24, 2.45) is 11.3 Å². The minimum absolute atomic E-state index is 0.0291. The summed E-state index contributed by atoms with van der Waals surface area (Å²) < 4.78 is 0. The van der Waals surface area contributed by atoms with Crippen molar-refractivity contribution < 1.29 is 29.4 Å². The third kappa shape index (κ3) is 8.77. The fraction of sp³-hybridized carbons (Fsp3) is 0.765. The highest BCUT2D eigenvalue weighted by atomic mass is 32.2. The fourth-order valence-corrected chi connectivity index (χ4v) is 2.62. The fourth-order valence-electron chi connectivity index (χ4n) is 1.83. The summed E-state index contributed by atoms with van der Waals surface area (Å²) in [5.41, 5.74) is -0.966.